The number of phenols is 6. The van der Waals surface area contributed by atoms with E-state index in [0.29, 0.717) is 44.9 Å². The Morgan fingerprint density at radius 2 is 0.898 bits per heavy atom. The normalized spacial score (nSPS) is 21.0. The molecule has 0 spiro atoms. The van der Waals surface area contributed by atoms with Crippen molar-refractivity contribution in [1.82, 2.24) is 0 Å². The van der Waals surface area contributed by atoms with Crippen LogP contribution in [0.15, 0.2) is 12.2 Å². The Labute approximate surface area is 281 Å². The van der Waals surface area contributed by atoms with Gasteiger partial charge in [-0.3, -0.25) is 9.59 Å². The minimum atomic E-state index is -0.704. The summed E-state index contributed by atoms with van der Waals surface area (Å²) in [5.74, 6) is -3.47. The summed E-state index contributed by atoms with van der Waals surface area (Å²) in [6, 6.07) is 0. The van der Waals surface area contributed by atoms with Crippen molar-refractivity contribution in [3.63, 3.8) is 0 Å². The van der Waals surface area contributed by atoms with Crippen molar-refractivity contribution in [2.75, 3.05) is 0 Å². The van der Waals surface area contributed by atoms with Crippen molar-refractivity contribution in [3.8, 4) is 46.0 Å². The van der Waals surface area contributed by atoms with Crippen LogP contribution in [0.5, 0.6) is 46.0 Å². The fourth-order valence-electron chi connectivity index (χ4n) is 8.37. The lowest BCUT2D eigenvalue weighted by Gasteiger charge is -2.27. The van der Waals surface area contributed by atoms with Crippen molar-refractivity contribution in [2.24, 2.45) is 0 Å². The molecule has 0 radical (unpaired) electrons. The summed E-state index contributed by atoms with van der Waals surface area (Å²) >= 11 is 0. The van der Waals surface area contributed by atoms with E-state index >= 15 is 0 Å². The lowest BCUT2D eigenvalue weighted by Crippen LogP contribution is -2.28. The maximum atomic E-state index is 13.6. The standard InChI is InChI=1S/C39H36O10/c1-12-9-18(40)22-24-20(12)36-28(38(5,6)14(3)48-36)34(46)26(24)32(44)16(30(22)42)11-17-31(43)23-19(41)10-13(2)21-25(23)27(33(17)45)35(47)29-37(21)49-15(4)39(29,7)8/h9-10,14-15,42-47H,11H2,1-8H3/t14-,15-/m1/s1. The second kappa shape index (κ2) is 9.19. The van der Waals surface area contributed by atoms with E-state index in [1.807, 2.05) is 41.5 Å². The summed E-state index contributed by atoms with van der Waals surface area (Å²) in [7, 11) is 0. The van der Waals surface area contributed by atoms with E-state index in [1.54, 1.807) is 13.8 Å². The van der Waals surface area contributed by atoms with Crippen LogP contribution in [0.4, 0.5) is 0 Å². The van der Waals surface area contributed by atoms with Gasteiger partial charge in [0.1, 0.15) is 58.2 Å². The first kappa shape index (κ1) is 30.9. The zero-order chi connectivity index (χ0) is 35.5. The molecule has 2 aliphatic carbocycles. The van der Waals surface area contributed by atoms with Crippen molar-refractivity contribution < 1.29 is 49.7 Å². The molecule has 0 saturated heterocycles. The molecule has 10 heteroatoms. The predicted molar refractivity (Wildman–Crippen MR) is 183 cm³/mol. The molecular formula is C39H36O10. The maximum absolute atomic E-state index is 13.6. The van der Waals surface area contributed by atoms with Gasteiger partial charge in [0.15, 0.2) is 11.6 Å². The van der Waals surface area contributed by atoms with Crippen molar-refractivity contribution in [3.05, 3.63) is 56.7 Å². The molecule has 2 atom stereocenters. The van der Waals surface area contributed by atoms with E-state index in [1.165, 1.54) is 12.2 Å². The van der Waals surface area contributed by atoms with Gasteiger partial charge in [0.25, 0.3) is 0 Å². The van der Waals surface area contributed by atoms with Crippen LogP contribution in [0, 0.1) is 0 Å². The maximum Gasteiger partial charge on any atom is 0.190 e. The molecule has 0 aromatic heterocycles. The largest absolute Gasteiger partial charge is 0.507 e. The topological polar surface area (TPSA) is 174 Å². The molecule has 49 heavy (non-hydrogen) atoms. The number of phenolic OH excluding ortho intramolecular Hbond substituents is 6. The van der Waals surface area contributed by atoms with Crippen LogP contribution in [0.1, 0.15) is 109 Å². The zero-order valence-electron chi connectivity index (χ0n) is 28.3. The molecule has 10 nitrogen and oxygen atoms in total. The number of ketones is 2. The Hall–Kier alpha value is -5.38. The molecule has 0 fully saturated rings. The van der Waals surface area contributed by atoms with Crippen LogP contribution < -0.4 is 9.47 Å². The lowest BCUT2D eigenvalue weighted by atomic mass is 9.75. The number of aromatic hydroxyl groups is 6. The third kappa shape index (κ3) is 3.46. The molecule has 0 bridgehead atoms. The summed E-state index contributed by atoms with van der Waals surface area (Å²) in [5.41, 5.74) is 0.514. The van der Waals surface area contributed by atoms with E-state index < -0.39 is 51.8 Å². The number of hydrogen-bond donors (Lipinski definition) is 6. The van der Waals surface area contributed by atoms with E-state index in [9.17, 15) is 40.2 Å². The smallest absolute Gasteiger partial charge is 0.190 e. The van der Waals surface area contributed by atoms with Gasteiger partial charge >= 0.3 is 0 Å². The van der Waals surface area contributed by atoms with Crippen LogP contribution in [0.3, 0.4) is 0 Å². The highest BCUT2D eigenvalue weighted by atomic mass is 16.5. The molecule has 0 unspecified atom stereocenters. The molecule has 4 aromatic rings. The minimum Gasteiger partial charge on any atom is -0.507 e. The van der Waals surface area contributed by atoms with Gasteiger partial charge in [0.2, 0.25) is 0 Å². The number of carbonyl (C=O) groups is 2. The quantitative estimate of drug-likeness (QED) is 0.129. The minimum absolute atomic E-state index is 0.0882. The first-order valence-electron chi connectivity index (χ1n) is 16.2. The Bertz CT molecular complexity index is 2240. The molecule has 2 aliphatic heterocycles. The number of ether oxygens (including phenoxy) is 2. The molecule has 6 N–H and O–H groups in total. The summed E-state index contributed by atoms with van der Waals surface area (Å²) in [6.45, 7) is 14.7. The molecule has 4 aromatic carbocycles. The van der Waals surface area contributed by atoms with E-state index in [0.717, 1.165) is 0 Å². The lowest BCUT2D eigenvalue weighted by molar-refractivity contribution is 0.103. The molecule has 2 heterocycles. The number of rotatable bonds is 2. The highest BCUT2D eigenvalue weighted by Crippen LogP contribution is 2.62. The Balaban J connectivity index is 1.47. The number of fused-ring (bicyclic) bond motifs is 4. The Morgan fingerprint density at radius 3 is 1.24 bits per heavy atom. The van der Waals surface area contributed by atoms with Gasteiger partial charge in [0.05, 0.1) is 21.9 Å². The fourth-order valence-corrected chi connectivity index (χ4v) is 8.37. The average molecular weight is 665 g/mol. The van der Waals surface area contributed by atoms with Gasteiger partial charge < -0.3 is 40.1 Å². The summed E-state index contributed by atoms with van der Waals surface area (Å²) in [4.78, 5) is 27.1. The molecule has 0 amide bonds. The summed E-state index contributed by atoms with van der Waals surface area (Å²) < 4.78 is 12.4. The highest BCUT2D eigenvalue weighted by molar-refractivity contribution is 6.28. The van der Waals surface area contributed by atoms with Crippen molar-refractivity contribution >= 4 is 44.3 Å². The number of carbonyl (C=O) groups excluding carboxylic acids is 2. The molecular weight excluding hydrogens is 628 g/mol. The van der Waals surface area contributed by atoms with Gasteiger partial charge in [-0.2, -0.15) is 0 Å². The first-order valence-corrected chi connectivity index (χ1v) is 16.2. The Morgan fingerprint density at radius 1 is 0.551 bits per heavy atom. The monoisotopic (exact) mass is 664 g/mol. The van der Waals surface area contributed by atoms with Gasteiger partial charge in [0, 0.05) is 61.4 Å². The van der Waals surface area contributed by atoms with Crippen LogP contribution in [-0.2, 0) is 17.3 Å². The van der Waals surface area contributed by atoms with Gasteiger partial charge in [-0.05, 0) is 51.0 Å². The van der Waals surface area contributed by atoms with Crippen molar-refractivity contribution in [1.29, 1.82) is 0 Å². The molecule has 8 rings (SSSR count). The van der Waals surface area contributed by atoms with Crippen LogP contribution >= 0.6 is 0 Å². The number of hydrogen-bond acceptors (Lipinski definition) is 10. The molecule has 4 aliphatic rings. The van der Waals surface area contributed by atoms with Crippen LogP contribution in [0.25, 0.3) is 32.7 Å². The van der Waals surface area contributed by atoms with Crippen LogP contribution in [-0.4, -0.2) is 54.4 Å². The third-order valence-corrected chi connectivity index (χ3v) is 11.7. The first-order chi connectivity index (χ1) is 22.8. The fraction of sp³-hybridized carbons (Fsp3) is 0.333. The highest BCUT2D eigenvalue weighted by Gasteiger charge is 2.48. The molecule has 0 saturated carbocycles. The van der Waals surface area contributed by atoms with E-state index in [2.05, 4.69) is 0 Å². The average Bonchev–Trinajstić information content (AvgIpc) is 3.37. The second-order valence-electron chi connectivity index (χ2n) is 15.0. The summed E-state index contributed by atoms with van der Waals surface area (Å²) in [6.07, 6.45) is 1.36. The van der Waals surface area contributed by atoms with Gasteiger partial charge in [-0.25, -0.2) is 0 Å². The second-order valence-corrected chi connectivity index (χ2v) is 15.0. The van der Waals surface area contributed by atoms with E-state index in [4.69, 9.17) is 9.47 Å². The van der Waals surface area contributed by atoms with Crippen LogP contribution in [0.2, 0.25) is 0 Å². The molecule has 252 valence electrons. The number of allylic oxidation sites excluding steroid dienone is 4. The predicted octanol–water partition coefficient (Wildman–Crippen LogP) is 7.13. The Kier molecular flexibility index (Phi) is 5.80. The van der Waals surface area contributed by atoms with Gasteiger partial charge in [-0.1, -0.05) is 27.7 Å². The third-order valence-electron chi connectivity index (χ3n) is 11.7. The zero-order valence-corrected chi connectivity index (χ0v) is 28.3. The van der Waals surface area contributed by atoms with Crippen molar-refractivity contribution in [2.45, 2.75) is 84.8 Å². The SMILES string of the molecule is CC1=CC(=O)c2c(O)c(Cc3c(O)c4c5c(c6c(c(O)c5c3O)C(C)(C)[C@@H](C)O6)C(C)=CC4=O)c(O)c3c(O)c4c(c1c23)O[C@H](C)C4(C)C. The van der Waals surface area contributed by atoms with Gasteiger partial charge in [-0.15, -0.1) is 0 Å². The summed E-state index contributed by atoms with van der Waals surface area (Å²) in [5, 5.41) is 71.0. The number of benzene rings is 4. The van der Waals surface area contributed by atoms with E-state index in [-0.39, 0.29) is 67.5 Å².